The first-order valence-corrected chi connectivity index (χ1v) is 19.7. The van der Waals surface area contributed by atoms with Gasteiger partial charge >= 0.3 is 6.03 Å². The molecular weight excluding hydrogens is 723 g/mol. The van der Waals surface area contributed by atoms with Gasteiger partial charge in [0.2, 0.25) is 5.91 Å². The maximum atomic E-state index is 13.2. The van der Waals surface area contributed by atoms with Crippen LogP contribution in [-0.4, -0.2) is 97.1 Å². The summed E-state index contributed by atoms with van der Waals surface area (Å²) in [7, 11) is 0. The highest BCUT2D eigenvalue weighted by Crippen LogP contribution is 2.34. The van der Waals surface area contributed by atoms with E-state index in [0.717, 1.165) is 11.1 Å². The van der Waals surface area contributed by atoms with Crippen molar-refractivity contribution < 1.29 is 24.5 Å². The number of aromatic nitrogens is 4. The van der Waals surface area contributed by atoms with Crippen molar-refractivity contribution in [3.8, 4) is 0 Å². The third-order valence-corrected chi connectivity index (χ3v) is 10.6. The average molecular weight is 778 g/mol. The van der Waals surface area contributed by atoms with Crippen LogP contribution in [0.25, 0.3) is 11.2 Å². The number of rotatable bonds is 17. The van der Waals surface area contributed by atoms with Crippen LogP contribution in [0.1, 0.15) is 75.7 Å². The Labute approximate surface area is 334 Å². The van der Waals surface area contributed by atoms with E-state index in [4.69, 9.17) is 14.7 Å². The molecule has 0 unspecified atom stereocenters. The van der Waals surface area contributed by atoms with E-state index in [1.165, 1.54) is 16.5 Å². The van der Waals surface area contributed by atoms with Crippen LogP contribution in [0.5, 0.6) is 0 Å². The van der Waals surface area contributed by atoms with E-state index in [-0.39, 0.29) is 42.4 Å². The molecule has 0 radical (unpaired) electrons. The summed E-state index contributed by atoms with van der Waals surface area (Å²) < 4.78 is 7.62. The van der Waals surface area contributed by atoms with Crippen molar-refractivity contribution in [2.75, 3.05) is 31.5 Å². The smallest absolute Gasteiger partial charge is 0.315 e. The molecule has 3 aromatic carbocycles. The number of urea groups is 1. The fourth-order valence-corrected chi connectivity index (χ4v) is 7.63. The lowest BCUT2D eigenvalue weighted by Gasteiger charge is -2.42. The minimum atomic E-state index is -1.36. The maximum absolute atomic E-state index is 13.2. The minimum absolute atomic E-state index is 0.0116. The molecule has 1 saturated heterocycles. The lowest BCUT2D eigenvalue weighted by atomic mass is 9.91. The van der Waals surface area contributed by atoms with E-state index >= 15 is 0 Å². The molecular formula is C43H55N9O5. The van der Waals surface area contributed by atoms with Gasteiger partial charge in [0.1, 0.15) is 12.2 Å². The van der Waals surface area contributed by atoms with Gasteiger partial charge in [-0.3, -0.25) is 14.3 Å². The van der Waals surface area contributed by atoms with Crippen molar-refractivity contribution in [1.82, 2.24) is 40.4 Å². The van der Waals surface area contributed by atoms with Crippen LogP contribution in [0.4, 0.5) is 10.6 Å². The van der Waals surface area contributed by atoms with Gasteiger partial charge in [-0.25, -0.2) is 19.7 Å². The molecule has 0 aliphatic carbocycles. The standard InChI is InChI=1S/C43H55N9O5/c1-6-44-35(53)24-33-37(54)38(55)41(57-33)51-27-48-36-39(46-25-32(29-16-10-7-11-17-29)30-18-12-8-13-19-30)49-34(50-40(36)51)26-47-42(56)45-22-23-52(28(2)3)43(4,5)31-20-14-9-15-21-31/h7-21,27-28,32-33,37-38,41,54-55H,6,22-26H2,1-5H3,(H,44,53)(H2,45,47,56)(H,46,49,50)/t33-,37+,38+,41+/m0/s1. The van der Waals surface area contributed by atoms with Crippen molar-refractivity contribution in [1.29, 1.82) is 0 Å². The first-order valence-electron chi connectivity index (χ1n) is 19.7. The van der Waals surface area contributed by atoms with E-state index in [9.17, 15) is 19.8 Å². The number of fused-ring (bicyclic) bond motifs is 1. The van der Waals surface area contributed by atoms with Gasteiger partial charge in [-0.2, -0.15) is 0 Å². The number of amides is 3. The molecule has 14 nitrogen and oxygen atoms in total. The van der Waals surface area contributed by atoms with Crippen molar-refractivity contribution in [3.05, 3.63) is 120 Å². The number of hydrogen-bond acceptors (Lipinski definition) is 10. The van der Waals surface area contributed by atoms with Gasteiger partial charge in [0.25, 0.3) is 0 Å². The van der Waals surface area contributed by atoms with Crippen LogP contribution in [0.15, 0.2) is 97.3 Å². The molecule has 5 aromatic rings. The van der Waals surface area contributed by atoms with Crippen LogP contribution in [0.3, 0.4) is 0 Å². The number of nitrogens with zero attached hydrogens (tertiary/aromatic N) is 5. The number of carbonyl (C=O) groups is 2. The second kappa shape index (κ2) is 18.7. The summed E-state index contributed by atoms with van der Waals surface area (Å²) in [6.45, 7) is 12.4. The lowest BCUT2D eigenvalue weighted by molar-refractivity contribution is -0.125. The number of anilines is 1. The predicted molar refractivity (Wildman–Crippen MR) is 219 cm³/mol. The molecule has 1 fully saturated rings. The molecule has 0 saturated carbocycles. The molecule has 6 rings (SSSR count). The van der Waals surface area contributed by atoms with E-state index < -0.39 is 24.5 Å². The van der Waals surface area contributed by atoms with Gasteiger partial charge < -0.3 is 36.2 Å². The summed E-state index contributed by atoms with van der Waals surface area (Å²) in [5.74, 6) is 0.386. The van der Waals surface area contributed by atoms with Crippen LogP contribution >= 0.6 is 0 Å². The third-order valence-electron chi connectivity index (χ3n) is 10.6. The summed E-state index contributed by atoms with van der Waals surface area (Å²) in [5.41, 5.74) is 3.91. The molecule has 2 aromatic heterocycles. The van der Waals surface area contributed by atoms with Gasteiger partial charge in [-0.1, -0.05) is 91.0 Å². The topological polar surface area (TPSA) is 179 Å². The Kier molecular flexibility index (Phi) is 13.5. The van der Waals surface area contributed by atoms with Crippen molar-refractivity contribution in [3.63, 3.8) is 0 Å². The van der Waals surface area contributed by atoms with Gasteiger partial charge in [0.15, 0.2) is 29.0 Å². The van der Waals surface area contributed by atoms with Crippen molar-refractivity contribution in [2.45, 2.75) is 89.6 Å². The first kappa shape index (κ1) is 41.2. The Morgan fingerprint density at radius 1 is 0.877 bits per heavy atom. The number of carbonyl (C=O) groups excluding carboxylic acids is 2. The zero-order valence-corrected chi connectivity index (χ0v) is 33.3. The van der Waals surface area contributed by atoms with Crippen LogP contribution in [0.2, 0.25) is 0 Å². The normalized spacial score (nSPS) is 18.4. The SMILES string of the molecule is CCNC(=O)C[C@@H]1O[C@@H](n2cnc3c(NCC(c4ccccc4)c4ccccc4)nc(CNC(=O)NCCN(C(C)C)C(C)(C)c4ccccc4)nc32)[C@H](O)[C@@H]1O. The quantitative estimate of drug-likeness (QED) is 0.0779. The van der Waals surface area contributed by atoms with Crippen LogP contribution < -0.4 is 21.3 Å². The molecule has 57 heavy (non-hydrogen) atoms. The van der Waals surface area contributed by atoms with E-state index in [2.05, 4.69) is 95.2 Å². The zero-order valence-electron chi connectivity index (χ0n) is 33.3. The summed E-state index contributed by atoms with van der Waals surface area (Å²) in [5, 5.41) is 34.1. The molecule has 302 valence electrons. The number of hydrogen-bond donors (Lipinski definition) is 6. The van der Waals surface area contributed by atoms with Gasteiger partial charge in [0, 0.05) is 43.7 Å². The second-order valence-electron chi connectivity index (χ2n) is 15.1. The Bertz CT molecular complexity index is 2020. The lowest BCUT2D eigenvalue weighted by Crippen LogP contribution is -2.49. The van der Waals surface area contributed by atoms with E-state index in [1.807, 2.05) is 54.6 Å². The number of nitrogens with one attached hydrogen (secondary N) is 4. The van der Waals surface area contributed by atoms with Crippen LogP contribution in [0, 0.1) is 0 Å². The number of ether oxygens (including phenoxy) is 1. The minimum Gasteiger partial charge on any atom is -0.388 e. The average Bonchev–Trinajstić information content (AvgIpc) is 3.76. The highest BCUT2D eigenvalue weighted by molar-refractivity contribution is 5.83. The number of benzene rings is 3. The number of aliphatic hydroxyl groups excluding tert-OH is 2. The van der Waals surface area contributed by atoms with Gasteiger partial charge in [0.05, 0.1) is 25.4 Å². The van der Waals surface area contributed by atoms with E-state index in [0.29, 0.717) is 49.0 Å². The molecule has 6 N–H and O–H groups in total. The molecule has 3 amide bonds. The second-order valence-corrected chi connectivity index (χ2v) is 15.1. The fourth-order valence-electron chi connectivity index (χ4n) is 7.63. The third kappa shape index (κ3) is 9.77. The summed E-state index contributed by atoms with van der Waals surface area (Å²) in [4.78, 5) is 42.1. The molecule has 0 spiro atoms. The summed E-state index contributed by atoms with van der Waals surface area (Å²) >= 11 is 0. The Morgan fingerprint density at radius 3 is 2.12 bits per heavy atom. The Morgan fingerprint density at radius 2 is 1.51 bits per heavy atom. The highest BCUT2D eigenvalue weighted by Gasteiger charge is 2.45. The van der Waals surface area contributed by atoms with Crippen molar-refractivity contribution in [2.24, 2.45) is 0 Å². The molecule has 0 bridgehead atoms. The van der Waals surface area contributed by atoms with Crippen LogP contribution in [-0.2, 0) is 21.6 Å². The number of aliphatic hydroxyl groups is 2. The summed E-state index contributed by atoms with van der Waals surface area (Å²) in [6, 6.07) is 30.5. The first-order chi connectivity index (χ1) is 27.5. The van der Waals surface area contributed by atoms with Crippen molar-refractivity contribution >= 4 is 28.9 Å². The predicted octanol–water partition coefficient (Wildman–Crippen LogP) is 4.66. The Balaban J connectivity index is 1.23. The molecule has 3 heterocycles. The largest absolute Gasteiger partial charge is 0.388 e. The fraction of sp³-hybridized carbons (Fsp3) is 0.419. The molecule has 14 heteroatoms. The maximum Gasteiger partial charge on any atom is 0.315 e. The van der Waals surface area contributed by atoms with Gasteiger partial charge in [-0.15, -0.1) is 0 Å². The summed E-state index contributed by atoms with van der Waals surface area (Å²) in [6.07, 6.45) is -3.35. The molecule has 4 atom stereocenters. The molecule has 1 aliphatic heterocycles. The zero-order chi connectivity index (χ0) is 40.5. The van der Waals surface area contributed by atoms with Gasteiger partial charge in [-0.05, 0) is 51.3 Å². The Hall–Kier alpha value is -5.41. The van der Waals surface area contributed by atoms with E-state index in [1.54, 1.807) is 6.92 Å². The highest BCUT2D eigenvalue weighted by atomic mass is 16.6. The monoisotopic (exact) mass is 777 g/mol. The molecule has 1 aliphatic rings. The number of imidazole rings is 1.